The summed E-state index contributed by atoms with van der Waals surface area (Å²) in [6, 6.07) is 21.7. The van der Waals surface area contributed by atoms with Crippen LogP contribution < -0.4 is 9.62 Å². The van der Waals surface area contributed by atoms with E-state index in [-0.39, 0.29) is 23.4 Å². The predicted octanol–water partition coefficient (Wildman–Crippen LogP) is 4.81. The molecule has 1 aliphatic carbocycles. The molecule has 6 heteroatoms. The number of para-hydroxylation sites is 1. The molecule has 1 atom stereocenters. The highest BCUT2D eigenvalue weighted by molar-refractivity contribution is 7.92. The van der Waals surface area contributed by atoms with Gasteiger partial charge >= 0.3 is 0 Å². The molecule has 1 N–H and O–H groups in total. The average Bonchev–Trinajstić information content (AvgIpc) is 3.31. The molecule has 33 heavy (non-hydrogen) atoms. The smallest absolute Gasteiger partial charge is 0.264 e. The van der Waals surface area contributed by atoms with Crippen molar-refractivity contribution in [1.82, 2.24) is 5.32 Å². The normalized spacial score (nSPS) is 13.9. The zero-order valence-corrected chi connectivity index (χ0v) is 19.9. The van der Waals surface area contributed by atoms with Gasteiger partial charge in [-0.2, -0.15) is 0 Å². The third-order valence-corrected chi connectivity index (χ3v) is 8.03. The van der Waals surface area contributed by atoms with Crippen molar-refractivity contribution in [3.63, 3.8) is 0 Å². The van der Waals surface area contributed by atoms with Crippen LogP contribution in [0.15, 0.2) is 77.7 Å². The minimum atomic E-state index is -3.92. The lowest BCUT2D eigenvalue weighted by Crippen LogP contribution is -2.42. The Labute approximate surface area is 196 Å². The van der Waals surface area contributed by atoms with Crippen LogP contribution in [0.2, 0.25) is 0 Å². The molecular weight excluding hydrogens is 432 g/mol. The SMILES string of the molecule is CCc1ccccc1N(CC(=O)N[C@H](C)c1ccc2c(c1)CCC2)S(=O)(=O)c1ccccc1. The summed E-state index contributed by atoms with van der Waals surface area (Å²) < 4.78 is 28.4. The maximum Gasteiger partial charge on any atom is 0.264 e. The topological polar surface area (TPSA) is 66.5 Å². The van der Waals surface area contributed by atoms with E-state index in [2.05, 4.69) is 23.5 Å². The molecule has 0 saturated heterocycles. The Morgan fingerprint density at radius 1 is 0.970 bits per heavy atom. The highest BCUT2D eigenvalue weighted by Gasteiger charge is 2.29. The van der Waals surface area contributed by atoms with Gasteiger partial charge in [0.05, 0.1) is 16.6 Å². The van der Waals surface area contributed by atoms with Gasteiger partial charge < -0.3 is 5.32 Å². The van der Waals surface area contributed by atoms with Crippen molar-refractivity contribution in [2.24, 2.45) is 0 Å². The van der Waals surface area contributed by atoms with E-state index in [4.69, 9.17) is 0 Å². The summed E-state index contributed by atoms with van der Waals surface area (Å²) in [6.45, 7) is 3.62. The zero-order valence-electron chi connectivity index (χ0n) is 19.1. The van der Waals surface area contributed by atoms with Crippen molar-refractivity contribution in [2.45, 2.75) is 50.5 Å². The fourth-order valence-electron chi connectivity index (χ4n) is 4.43. The minimum absolute atomic E-state index is 0.162. The van der Waals surface area contributed by atoms with Crippen molar-refractivity contribution in [1.29, 1.82) is 0 Å². The summed E-state index contributed by atoms with van der Waals surface area (Å²) in [7, 11) is -3.92. The summed E-state index contributed by atoms with van der Waals surface area (Å²) in [6.07, 6.45) is 4.01. The van der Waals surface area contributed by atoms with Crippen LogP contribution in [0.5, 0.6) is 0 Å². The van der Waals surface area contributed by atoms with Crippen molar-refractivity contribution < 1.29 is 13.2 Å². The Morgan fingerprint density at radius 3 is 2.42 bits per heavy atom. The van der Waals surface area contributed by atoms with Gasteiger partial charge in [0.25, 0.3) is 10.0 Å². The van der Waals surface area contributed by atoms with Crippen molar-refractivity contribution in [3.8, 4) is 0 Å². The second-order valence-corrected chi connectivity index (χ2v) is 10.3. The fraction of sp³-hybridized carbons (Fsp3) is 0.296. The Bertz CT molecular complexity index is 1240. The Balaban J connectivity index is 1.60. The molecule has 0 aromatic heterocycles. The van der Waals surface area contributed by atoms with E-state index in [9.17, 15) is 13.2 Å². The maximum absolute atomic E-state index is 13.6. The summed E-state index contributed by atoms with van der Waals surface area (Å²) >= 11 is 0. The molecule has 172 valence electrons. The lowest BCUT2D eigenvalue weighted by Gasteiger charge is -2.27. The van der Waals surface area contributed by atoms with Crippen molar-refractivity contribution in [2.75, 3.05) is 10.8 Å². The van der Waals surface area contributed by atoms with Crippen LogP contribution in [0.4, 0.5) is 5.69 Å². The van der Waals surface area contributed by atoms with Gasteiger partial charge in [-0.1, -0.05) is 61.5 Å². The van der Waals surface area contributed by atoms with Gasteiger partial charge in [-0.25, -0.2) is 8.42 Å². The standard InChI is InChI=1S/C27H30N2O3S/c1-3-21-10-7-8-15-26(21)29(33(31,32)25-13-5-4-6-14-25)19-27(30)28-20(2)23-17-16-22-11-9-12-24(22)18-23/h4-8,10,13-18,20H,3,9,11-12,19H2,1-2H3,(H,28,30)/t20-/m1/s1. The monoisotopic (exact) mass is 462 g/mol. The fourth-order valence-corrected chi connectivity index (χ4v) is 5.91. The number of aryl methyl sites for hydroxylation is 3. The zero-order chi connectivity index (χ0) is 23.4. The largest absolute Gasteiger partial charge is 0.348 e. The molecule has 5 nitrogen and oxygen atoms in total. The Kier molecular flexibility index (Phi) is 6.84. The van der Waals surface area contributed by atoms with Crippen LogP contribution in [0.25, 0.3) is 0 Å². The molecule has 4 rings (SSSR count). The van der Waals surface area contributed by atoms with Gasteiger partial charge in [0.2, 0.25) is 5.91 Å². The van der Waals surface area contributed by atoms with E-state index in [0.717, 1.165) is 24.0 Å². The van der Waals surface area contributed by atoms with E-state index < -0.39 is 10.0 Å². The highest BCUT2D eigenvalue weighted by Crippen LogP contribution is 2.28. The molecule has 3 aromatic rings. The first-order valence-corrected chi connectivity index (χ1v) is 12.9. The van der Waals surface area contributed by atoms with Crippen LogP contribution in [-0.2, 0) is 34.1 Å². The summed E-state index contributed by atoms with van der Waals surface area (Å²) in [5.41, 5.74) is 5.17. The highest BCUT2D eigenvalue weighted by atomic mass is 32.2. The van der Waals surface area contributed by atoms with Crippen LogP contribution in [0.1, 0.15) is 48.6 Å². The van der Waals surface area contributed by atoms with Crippen LogP contribution in [0, 0.1) is 0 Å². The van der Waals surface area contributed by atoms with E-state index in [0.29, 0.717) is 12.1 Å². The van der Waals surface area contributed by atoms with Crippen molar-refractivity contribution in [3.05, 3.63) is 95.1 Å². The van der Waals surface area contributed by atoms with Crippen LogP contribution >= 0.6 is 0 Å². The minimum Gasteiger partial charge on any atom is -0.348 e. The Morgan fingerprint density at radius 2 is 1.67 bits per heavy atom. The molecule has 3 aromatic carbocycles. The van der Waals surface area contributed by atoms with Crippen LogP contribution in [0.3, 0.4) is 0 Å². The number of hydrogen-bond donors (Lipinski definition) is 1. The molecule has 0 unspecified atom stereocenters. The molecule has 0 bridgehead atoms. The maximum atomic E-state index is 13.6. The molecule has 0 saturated carbocycles. The molecular formula is C27H30N2O3S. The molecule has 1 amide bonds. The number of nitrogens with one attached hydrogen (secondary N) is 1. The Hall–Kier alpha value is -3.12. The van der Waals surface area contributed by atoms with E-state index in [1.807, 2.05) is 26.0 Å². The number of fused-ring (bicyclic) bond motifs is 1. The quantitative estimate of drug-likeness (QED) is 0.522. The van der Waals surface area contributed by atoms with E-state index >= 15 is 0 Å². The van der Waals surface area contributed by atoms with E-state index in [1.54, 1.807) is 42.5 Å². The summed E-state index contributed by atoms with van der Waals surface area (Å²) in [4.78, 5) is 13.3. The van der Waals surface area contributed by atoms with Crippen LogP contribution in [-0.4, -0.2) is 20.9 Å². The molecule has 0 aliphatic heterocycles. The molecule has 0 heterocycles. The van der Waals surface area contributed by atoms with Crippen molar-refractivity contribution >= 4 is 21.6 Å². The number of anilines is 1. The van der Waals surface area contributed by atoms with Gasteiger partial charge in [-0.3, -0.25) is 9.10 Å². The number of sulfonamides is 1. The molecule has 0 radical (unpaired) electrons. The lowest BCUT2D eigenvalue weighted by molar-refractivity contribution is -0.120. The number of carbonyl (C=O) groups is 1. The number of hydrogen-bond acceptors (Lipinski definition) is 3. The number of nitrogens with zero attached hydrogens (tertiary/aromatic N) is 1. The first kappa shape index (κ1) is 23.1. The third-order valence-electron chi connectivity index (χ3n) is 6.26. The average molecular weight is 463 g/mol. The first-order chi connectivity index (χ1) is 15.9. The van der Waals surface area contributed by atoms with Gasteiger partial charge in [0.15, 0.2) is 0 Å². The van der Waals surface area contributed by atoms with Gasteiger partial charge in [0, 0.05) is 0 Å². The van der Waals surface area contributed by atoms with Gasteiger partial charge in [-0.05, 0) is 73.1 Å². The molecule has 0 spiro atoms. The second kappa shape index (κ2) is 9.79. The number of rotatable bonds is 8. The third kappa shape index (κ3) is 4.96. The van der Waals surface area contributed by atoms with Gasteiger partial charge in [0.1, 0.15) is 6.54 Å². The predicted molar refractivity (Wildman–Crippen MR) is 132 cm³/mol. The summed E-state index contributed by atoms with van der Waals surface area (Å²) in [5, 5.41) is 3.00. The second-order valence-electron chi connectivity index (χ2n) is 8.48. The number of amides is 1. The van der Waals surface area contributed by atoms with Gasteiger partial charge in [-0.15, -0.1) is 0 Å². The van der Waals surface area contributed by atoms with E-state index in [1.165, 1.54) is 21.9 Å². The molecule has 0 fully saturated rings. The number of carbonyl (C=O) groups excluding carboxylic acids is 1. The summed E-state index contributed by atoms with van der Waals surface area (Å²) in [5.74, 6) is -0.339. The number of benzene rings is 3. The lowest BCUT2D eigenvalue weighted by atomic mass is 10.0. The first-order valence-electron chi connectivity index (χ1n) is 11.5. The molecule has 1 aliphatic rings.